The van der Waals surface area contributed by atoms with Gasteiger partial charge in [0.2, 0.25) is 0 Å². The Hall–Kier alpha value is -4.82. The van der Waals surface area contributed by atoms with E-state index in [1.165, 1.54) is 50.1 Å². The molecule has 0 spiro atoms. The molecule has 1 heterocycles. The van der Waals surface area contributed by atoms with Gasteiger partial charge in [0.05, 0.1) is 5.69 Å². The zero-order valence-corrected chi connectivity index (χ0v) is 32.7. The number of hydrogen-bond donors (Lipinski definition) is 0. The van der Waals surface area contributed by atoms with E-state index in [4.69, 9.17) is 0 Å². The largest absolute Gasteiger partial charge is 0.293 e. The number of pyridine rings is 1. The van der Waals surface area contributed by atoms with Crippen molar-refractivity contribution in [3.8, 4) is 0 Å². The molecule has 266 valence electrons. The molecule has 3 rings (SSSR count). The molecule has 1 aromatic carbocycles. The van der Waals surface area contributed by atoms with Crippen LogP contribution in [0.15, 0.2) is 150 Å². The third kappa shape index (κ3) is 10.6. The Bertz CT molecular complexity index is 1840. The maximum atomic E-state index is 4.69. The van der Waals surface area contributed by atoms with Gasteiger partial charge in [0.15, 0.2) is 0 Å². The molecule has 1 aliphatic carbocycles. The molecule has 2 nitrogen and oxygen atoms in total. The monoisotopic (exact) mass is 676 g/mol. The molecule has 1 aromatic heterocycles. The van der Waals surface area contributed by atoms with E-state index >= 15 is 0 Å². The first-order chi connectivity index (χ1) is 24.7. The lowest BCUT2D eigenvalue weighted by molar-refractivity contribution is 0.388. The summed E-state index contributed by atoms with van der Waals surface area (Å²) >= 11 is 0. The lowest BCUT2D eigenvalue weighted by atomic mass is 9.70. The molecule has 0 fully saturated rings. The number of nitrogens with zero attached hydrogens (tertiary/aromatic N) is 2. The van der Waals surface area contributed by atoms with Gasteiger partial charge in [0, 0.05) is 19.0 Å². The van der Waals surface area contributed by atoms with E-state index in [-0.39, 0.29) is 17.8 Å². The van der Waals surface area contributed by atoms with Crippen molar-refractivity contribution >= 4 is 29.0 Å². The molecule has 51 heavy (non-hydrogen) atoms. The van der Waals surface area contributed by atoms with Gasteiger partial charge in [-0.3, -0.25) is 9.98 Å². The molecule has 0 radical (unpaired) electrons. The minimum absolute atomic E-state index is 0.258. The zero-order valence-electron chi connectivity index (χ0n) is 32.7. The highest BCUT2D eigenvalue weighted by Crippen LogP contribution is 2.43. The molecular formula is C49H60N2. The number of aryl methyl sites for hydroxylation is 1. The first-order valence-electron chi connectivity index (χ1n) is 18.7. The Labute approximate surface area is 310 Å². The summed E-state index contributed by atoms with van der Waals surface area (Å²) in [5.74, 6) is 0.807. The van der Waals surface area contributed by atoms with E-state index in [0.29, 0.717) is 0 Å². The lowest BCUT2D eigenvalue weighted by Crippen LogP contribution is -2.23. The number of aromatic nitrogens is 1. The number of aliphatic imine (C=N–C) groups is 1. The van der Waals surface area contributed by atoms with Gasteiger partial charge in [0.1, 0.15) is 0 Å². The normalized spacial score (nSPS) is 18.8. The van der Waals surface area contributed by atoms with Crippen LogP contribution in [0.2, 0.25) is 0 Å². The molecule has 1 aliphatic rings. The first kappa shape index (κ1) is 40.6. The Morgan fingerprint density at radius 2 is 1.78 bits per heavy atom. The minimum Gasteiger partial charge on any atom is -0.293 e. The zero-order chi connectivity index (χ0) is 37.3. The molecular weight excluding hydrogens is 617 g/mol. The summed E-state index contributed by atoms with van der Waals surface area (Å²) in [5.41, 5.74) is 14.7. The third-order valence-electron chi connectivity index (χ3n) is 9.88. The fraction of sp³-hybridized carbons (Fsp3) is 0.306. The van der Waals surface area contributed by atoms with Gasteiger partial charge in [-0.15, -0.1) is 0 Å². The minimum atomic E-state index is 0.258. The van der Waals surface area contributed by atoms with E-state index < -0.39 is 0 Å². The van der Waals surface area contributed by atoms with Gasteiger partial charge < -0.3 is 0 Å². The molecule has 2 heteroatoms. The Morgan fingerprint density at radius 1 is 1.00 bits per heavy atom. The summed E-state index contributed by atoms with van der Waals surface area (Å²) in [5, 5.41) is 0. The van der Waals surface area contributed by atoms with Crippen molar-refractivity contribution < 1.29 is 0 Å². The van der Waals surface area contributed by atoms with Crippen molar-refractivity contribution in [2.24, 2.45) is 22.7 Å². The fourth-order valence-electron chi connectivity index (χ4n) is 6.81. The number of rotatable bonds is 16. The molecule has 0 amide bonds. The van der Waals surface area contributed by atoms with Crippen LogP contribution in [-0.4, -0.2) is 17.7 Å². The second-order valence-electron chi connectivity index (χ2n) is 13.2. The van der Waals surface area contributed by atoms with Gasteiger partial charge in [0.25, 0.3) is 0 Å². The molecule has 0 aliphatic heterocycles. The quantitative estimate of drug-likeness (QED) is 0.128. The summed E-state index contributed by atoms with van der Waals surface area (Å²) in [6.45, 7) is 28.9. The van der Waals surface area contributed by atoms with Gasteiger partial charge in [-0.05, 0) is 145 Å². The second kappa shape index (κ2) is 20.8. The Kier molecular flexibility index (Phi) is 16.5. The van der Waals surface area contributed by atoms with Gasteiger partial charge in [-0.1, -0.05) is 131 Å². The summed E-state index contributed by atoms with van der Waals surface area (Å²) in [7, 11) is 0. The summed E-state index contributed by atoms with van der Waals surface area (Å²) < 4.78 is 0. The summed E-state index contributed by atoms with van der Waals surface area (Å²) in [6, 6.07) is 11.2. The van der Waals surface area contributed by atoms with E-state index in [2.05, 4.69) is 170 Å². The van der Waals surface area contributed by atoms with Crippen LogP contribution in [-0.2, 0) is 0 Å². The van der Waals surface area contributed by atoms with Crippen molar-refractivity contribution in [1.29, 1.82) is 0 Å². The molecule has 3 unspecified atom stereocenters. The summed E-state index contributed by atoms with van der Waals surface area (Å²) in [4.78, 5) is 9.04. The lowest BCUT2D eigenvalue weighted by Gasteiger charge is -2.34. The number of allylic oxidation sites excluding steroid dienone is 19. The van der Waals surface area contributed by atoms with Crippen molar-refractivity contribution in [2.45, 2.75) is 75.2 Å². The fourth-order valence-corrected chi connectivity index (χ4v) is 6.81. The van der Waals surface area contributed by atoms with Gasteiger partial charge in [-0.25, -0.2) is 0 Å². The maximum absolute atomic E-state index is 4.69. The van der Waals surface area contributed by atoms with Crippen LogP contribution < -0.4 is 0 Å². The van der Waals surface area contributed by atoms with E-state index in [1.54, 1.807) is 0 Å². The molecule has 0 saturated carbocycles. The van der Waals surface area contributed by atoms with E-state index in [0.717, 1.165) is 36.2 Å². The standard InChI is InChI=1S/C49H60N2/c1-12-18-23-40(16-5)49(43-28-27-35(7)41(33-43)21-14-3)46(24-19-13-2)38(10)37(9)44-25-20-26-45(39(44)11)47(22-15-4)42-30-32-51-48(34-42)36(8)29-31-50-17-6/h13-15,18-34,37,39,44H,2,4,12,16-17H2,1,3,5-11H3/b21-14-,23-18-,24-19-,36-29+,46-38-,47-22-,49-40+,50-31?. The SMILES string of the molecule is C=C\C=C/C(=C(\C)C(C)C1C=CC=C(/C(=C\C=C)c2ccnc(/C(C)=C/C=NCC)c2)C1C)C(=C(/C=C\CC)CC)/c1ccc(C)c(/C=C\C)c1. The maximum Gasteiger partial charge on any atom is 0.0665 e. The average molecular weight is 677 g/mol. The van der Waals surface area contributed by atoms with Crippen molar-refractivity contribution in [1.82, 2.24) is 4.98 Å². The smallest absolute Gasteiger partial charge is 0.0665 e. The first-order valence-corrected chi connectivity index (χ1v) is 18.7. The molecule has 0 saturated heterocycles. The van der Waals surface area contributed by atoms with E-state index in [9.17, 15) is 0 Å². The van der Waals surface area contributed by atoms with Crippen molar-refractivity contribution in [3.63, 3.8) is 0 Å². The Balaban J connectivity index is 2.19. The van der Waals surface area contributed by atoms with Crippen LogP contribution in [0.25, 0.3) is 22.8 Å². The summed E-state index contributed by atoms with van der Waals surface area (Å²) in [6.07, 6.45) is 33.9. The van der Waals surface area contributed by atoms with Crippen LogP contribution in [0.3, 0.4) is 0 Å². The predicted octanol–water partition coefficient (Wildman–Crippen LogP) is 13.8. The van der Waals surface area contributed by atoms with Crippen LogP contribution in [0.5, 0.6) is 0 Å². The molecule has 0 N–H and O–H groups in total. The van der Waals surface area contributed by atoms with Crippen molar-refractivity contribution in [2.75, 3.05) is 6.54 Å². The van der Waals surface area contributed by atoms with Gasteiger partial charge in [-0.2, -0.15) is 0 Å². The highest BCUT2D eigenvalue weighted by molar-refractivity contribution is 5.88. The van der Waals surface area contributed by atoms with Gasteiger partial charge >= 0.3 is 0 Å². The van der Waals surface area contributed by atoms with Crippen LogP contribution in [0, 0.1) is 24.7 Å². The molecule has 0 bridgehead atoms. The third-order valence-corrected chi connectivity index (χ3v) is 9.88. The second-order valence-corrected chi connectivity index (χ2v) is 13.2. The predicted molar refractivity (Wildman–Crippen MR) is 229 cm³/mol. The number of hydrogen-bond acceptors (Lipinski definition) is 2. The topological polar surface area (TPSA) is 25.2 Å². The van der Waals surface area contributed by atoms with Crippen LogP contribution in [0.4, 0.5) is 0 Å². The van der Waals surface area contributed by atoms with Crippen LogP contribution >= 0.6 is 0 Å². The highest BCUT2D eigenvalue weighted by atomic mass is 14.7. The molecule has 2 aromatic rings. The van der Waals surface area contributed by atoms with Crippen molar-refractivity contribution in [3.05, 3.63) is 173 Å². The highest BCUT2D eigenvalue weighted by Gasteiger charge is 2.30. The average Bonchev–Trinajstić information content (AvgIpc) is 3.14. The molecule has 3 atom stereocenters. The van der Waals surface area contributed by atoms with E-state index in [1.807, 2.05) is 37.6 Å². The van der Waals surface area contributed by atoms with Crippen LogP contribution in [0.1, 0.15) is 96.2 Å². The Morgan fingerprint density at radius 3 is 2.45 bits per heavy atom. The number of benzene rings is 1.